The highest BCUT2D eigenvalue weighted by Gasteiger charge is 2.38. The Kier molecular flexibility index (Phi) is 5.88. The van der Waals surface area contributed by atoms with Crippen LogP contribution in [0.25, 0.3) is 0 Å². The highest BCUT2D eigenvalue weighted by Crippen LogP contribution is 2.35. The zero-order valence-electron chi connectivity index (χ0n) is 14.5. The molecule has 0 spiro atoms. The van der Waals surface area contributed by atoms with E-state index in [4.69, 9.17) is 0 Å². The van der Waals surface area contributed by atoms with Crippen LogP contribution in [0.1, 0.15) is 56.9 Å². The molecule has 1 aliphatic heterocycles. The third kappa shape index (κ3) is 4.35. The predicted molar refractivity (Wildman–Crippen MR) is 94.4 cm³/mol. The predicted octanol–water partition coefficient (Wildman–Crippen LogP) is 3.67. The van der Waals surface area contributed by atoms with Crippen LogP contribution in [-0.4, -0.2) is 36.0 Å². The normalized spacial score (nSPS) is 21.4. The summed E-state index contributed by atoms with van der Waals surface area (Å²) in [6.45, 7) is 3.07. The maximum atomic E-state index is 13.3. The molecule has 2 fully saturated rings. The minimum Gasteiger partial charge on any atom is -0.354 e. The Morgan fingerprint density at radius 1 is 1.08 bits per heavy atom. The molecule has 4 heteroatoms. The number of hydrogen-bond acceptors (Lipinski definition) is 2. The van der Waals surface area contributed by atoms with Crippen molar-refractivity contribution in [3.05, 3.63) is 35.6 Å². The summed E-state index contributed by atoms with van der Waals surface area (Å²) in [5, 5.41) is 3.16. The first-order valence-corrected chi connectivity index (χ1v) is 9.44. The average Bonchev–Trinajstić information content (AvgIpc) is 2.62. The largest absolute Gasteiger partial charge is 0.354 e. The summed E-state index contributed by atoms with van der Waals surface area (Å²) in [6, 6.07) is 6.33. The molecular weight excluding hydrogens is 303 g/mol. The first kappa shape index (κ1) is 17.4. The van der Waals surface area contributed by atoms with Gasteiger partial charge in [0, 0.05) is 12.1 Å². The lowest BCUT2D eigenvalue weighted by atomic mass is 9.79. The van der Waals surface area contributed by atoms with E-state index in [1.807, 2.05) is 6.07 Å². The van der Waals surface area contributed by atoms with Gasteiger partial charge in [0.1, 0.15) is 5.82 Å². The topological polar surface area (TPSA) is 32.3 Å². The maximum absolute atomic E-state index is 13.3. The van der Waals surface area contributed by atoms with Crippen LogP contribution in [0, 0.1) is 5.82 Å². The Bertz CT molecular complexity index is 548. The van der Waals surface area contributed by atoms with Gasteiger partial charge < -0.3 is 5.32 Å². The molecule has 2 aliphatic rings. The lowest BCUT2D eigenvalue weighted by molar-refractivity contribution is -0.121. The third-order valence-electron chi connectivity index (χ3n) is 5.68. The molecule has 3 rings (SSSR count). The smallest absolute Gasteiger partial charge is 0.224 e. The fraction of sp³-hybridized carbons (Fsp3) is 0.650. The maximum Gasteiger partial charge on any atom is 0.224 e. The molecule has 1 aromatic carbocycles. The lowest BCUT2D eigenvalue weighted by Gasteiger charge is -2.48. The first-order chi connectivity index (χ1) is 11.7. The second kappa shape index (κ2) is 8.11. The number of carbonyl (C=O) groups is 1. The van der Waals surface area contributed by atoms with Gasteiger partial charge in [-0.15, -0.1) is 0 Å². The molecule has 1 aliphatic carbocycles. The molecule has 3 nitrogen and oxygen atoms in total. The van der Waals surface area contributed by atoms with E-state index in [0.29, 0.717) is 0 Å². The number of halogens is 1. The zero-order chi connectivity index (χ0) is 16.8. The van der Waals surface area contributed by atoms with Crippen molar-refractivity contribution in [3.8, 4) is 0 Å². The van der Waals surface area contributed by atoms with Crippen molar-refractivity contribution >= 4 is 5.91 Å². The minimum atomic E-state index is -0.280. The van der Waals surface area contributed by atoms with Crippen LogP contribution in [-0.2, 0) is 11.2 Å². The van der Waals surface area contributed by atoms with Crippen molar-refractivity contribution in [2.75, 3.05) is 19.6 Å². The van der Waals surface area contributed by atoms with E-state index in [0.717, 1.165) is 12.1 Å². The molecule has 0 unspecified atom stereocenters. The molecule has 0 atom stereocenters. The van der Waals surface area contributed by atoms with E-state index >= 15 is 0 Å². The molecule has 1 aromatic rings. The van der Waals surface area contributed by atoms with Crippen molar-refractivity contribution < 1.29 is 9.18 Å². The summed E-state index contributed by atoms with van der Waals surface area (Å²) < 4.78 is 13.3. The molecule has 0 aromatic heterocycles. The van der Waals surface area contributed by atoms with Gasteiger partial charge in [-0.3, -0.25) is 9.69 Å². The Hall–Kier alpha value is -1.42. The van der Waals surface area contributed by atoms with Gasteiger partial charge in [0.05, 0.1) is 6.42 Å². The van der Waals surface area contributed by atoms with Crippen molar-refractivity contribution in [3.63, 3.8) is 0 Å². The second-order valence-corrected chi connectivity index (χ2v) is 7.42. The standard InChI is InChI=1S/C20H29FN2O/c21-18-9-7-8-17(14-18)15-19(24)22-16-20(10-3-1-4-11-20)23-12-5-2-6-13-23/h7-9,14H,1-6,10-13,15-16H2,(H,22,24). The Balaban J connectivity index is 1.59. The van der Waals surface area contributed by atoms with Gasteiger partial charge in [0.15, 0.2) is 0 Å². The summed E-state index contributed by atoms with van der Waals surface area (Å²) in [7, 11) is 0. The molecular formula is C20H29FN2O. The number of rotatable bonds is 5. The van der Waals surface area contributed by atoms with Crippen LogP contribution in [0.4, 0.5) is 4.39 Å². The van der Waals surface area contributed by atoms with Crippen LogP contribution in [0.2, 0.25) is 0 Å². The molecule has 24 heavy (non-hydrogen) atoms. The summed E-state index contributed by atoms with van der Waals surface area (Å²) in [5.41, 5.74) is 0.888. The van der Waals surface area contributed by atoms with E-state index in [2.05, 4.69) is 10.2 Å². The number of nitrogens with one attached hydrogen (secondary N) is 1. The van der Waals surface area contributed by atoms with Gasteiger partial charge in [-0.2, -0.15) is 0 Å². The van der Waals surface area contributed by atoms with Gasteiger partial charge in [-0.25, -0.2) is 4.39 Å². The Labute approximate surface area is 144 Å². The zero-order valence-corrected chi connectivity index (χ0v) is 14.5. The third-order valence-corrected chi connectivity index (χ3v) is 5.68. The molecule has 1 heterocycles. The van der Waals surface area contributed by atoms with Gasteiger partial charge >= 0.3 is 0 Å². The Morgan fingerprint density at radius 2 is 1.79 bits per heavy atom. The van der Waals surface area contributed by atoms with Crippen LogP contribution in [0.15, 0.2) is 24.3 Å². The fourth-order valence-corrected chi connectivity index (χ4v) is 4.34. The number of piperidine rings is 1. The SMILES string of the molecule is O=C(Cc1cccc(F)c1)NCC1(N2CCCCC2)CCCCC1. The van der Waals surface area contributed by atoms with Crippen LogP contribution >= 0.6 is 0 Å². The van der Waals surface area contributed by atoms with E-state index in [1.54, 1.807) is 6.07 Å². The minimum absolute atomic E-state index is 0.00237. The number of likely N-dealkylation sites (tertiary alicyclic amines) is 1. The highest BCUT2D eigenvalue weighted by molar-refractivity contribution is 5.78. The van der Waals surface area contributed by atoms with Gasteiger partial charge in [-0.05, 0) is 56.5 Å². The fourth-order valence-electron chi connectivity index (χ4n) is 4.34. The molecule has 1 saturated heterocycles. The summed E-state index contributed by atoms with van der Waals surface area (Å²) in [5.74, 6) is -0.278. The molecule has 0 radical (unpaired) electrons. The van der Waals surface area contributed by atoms with E-state index in [9.17, 15) is 9.18 Å². The van der Waals surface area contributed by atoms with Gasteiger partial charge in [-0.1, -0.05) is 37.8 Å². The van der Waals surface area contributed by atoms with Crippen molar-refractivity contribution in [2.24, 2.45) is 0 Å². The van der Waals surface area contributed by atoms with Crippen LogP contribution < -0.4 is 5.32 Å². The van der Waals surface area contributed by atoms with E-state index in [-0.39, 0.29) is 23.7 Å². The highest BCUT2D eigenvalue weighted by atomic mass is 19.1. The van der Waals surface area contributed by atoms with Gasteiger partial charge in [0.25, 0.3) is 0 Å². The monoisotopic (exact) mass is 332 g/mol. The first-order valence-electron chi connectivity index (χ1n) is 9.44. The van der Waals surface area contributed by atoms with Crippen LogP contribution in [0.3, 0.4) is 0 Å². The number of nitrogens with zero attached hydrogens (tertiary/aromatic N) is 1. The summed E-state index contributed by atoms with van der Waals surface area (Å²) in [6.07, 6.45) is 10.4. The Morgan fingerprint density at radius 3 is 2.50 bits per heavy atom. The number of benzene rings is 1. The quantitative estimate of drug-likeness (QED) is 0.892. The molecule has 1 amide bonds. The molecule has 132 valence electrons. The van der Waals surface area contributed by atoms with E-state index < -0.39 is 0 Å². The molecule has 1 N–H and O–H groups in total. The van der Waals surface area contributed by atoms with Crippen molar-refractivity contribution in [1.82, 2.24) is 10.2 Å². The van der Waals surface area contributed by atoms with Crippen molar-refractivity contribution in [2.45, 2.75) is 63.3 Å². The second-order valence-electron chi connectivity index (χ2n) is 7.42. The molecule has 1 saturated carbocycles. The van der Waals surface area contributed by atoms with E-state index in [1.165, 1.54) is 76.6 Å². The number of hydrogen-bond donors (Lipinski definition) is 1. The number of amides is 1. The van der Waals surface area contributed by atoms with Crippen molar-refractivity contribution in [1.29, 1.82) is 0 Å². The average molecular weight is 332 g/mol. The van der Waals surface area contributed by atoms with Gasteiger partial charge in [0.2, 0.25) is 5.91 Å². The summed E-state index contributed by atoms with van der Waals surface area (Å²) >= 11 is 0. The van der Waals surface area contributed by atoms with Crippen LogP contribution in [0.5, 0.6) is 0 Å². The molecule has 0 bridgehead atoms. The lowest BCUT2D eigenvalue weighted by Crippen LogP contribution is -2.58. The summed E-state index contributed by atoms with van der Waals surface area (Å²) in [4.78, 5) is 15.0. The number of carbonyl (C=O) groups excluding carboxylic acids is 1.